The van der Waals surface area contributed by atoms with Crippen LogP contribution in [0.4, 0.5) is 4.79 Å². The SMILES string of the molecule is CC#Cc1cc(Cl)c(C2C(=O)CC3(CC2=O)CN(C(=O)NC(=O)c2ccccn2)C3)c(OC)c1. The summed E-state index contributed by atoms with van der Waals surface area (Å²) in [6.45, 7) is 2.10. The van der Waals surface area contributed by atoms with Crippen molar-refractivity contribution >= 4 is 35.1 Å². The smallest absolute Gasteiger partial charge is 0.324 e. The number of ether oxygens (including phenoxy) is 1. The Labute approximate surface area is 201 Å². The van der Waals surface area contributed by atoms with Crippen LogP contribution in [0.25, 0.3) is 0 Å². The molecule has 3 amide bonds. The van der Waals surface area contributed by atoms with Crippen LogP contribution in [0.2, 0.25) is 5.02 Å². The Balaban J connectivity index is 1.45. The summed E-state index contributed by atoms with van der Waals surface area (Å²) in [6, 6.07) is 7.51. The first kappa shape index (κ1) is 23.5. The van der Waals surface area contributed by atoms with E-state index in [0.717, 1.165) is 0 Å². The molecule has 9 heteroatoms. The minimum absolute atomic E-state index is 0.122. The summed E-state index contributed by atoms with van der Waals surface area (Å²) in [6.07, 6.45) is 1.70. The van der Waals surface area contributed by atoms with Crippen LogP contribution in [0.15, 0.2) is 36.5 Å². The molecular formula is C25H22ClN3O5. The molecule has 4 rings (SSSR count). The molecule has 1 aromatic carbocycles. The molecule has 2 aliphatic rings. The maximum atomic E-state index is 13.1. The van der Waals surface area contributed by atoms with Crippen molar-refractivity contribution in [3.63, 3.8) is 0 Å². The molecule has 174 valence electrons. The molecule has 8 nitrogen and oxygen atoms in total. The molecule has 1 saturated heterocycles. The number of carbonyl (C=O) groups excluding carboxylic acids is 4. The second kappa shape index (κ2) is 9.27. The Morgan fingerprint density at radius 2 is 1.91 bits per heavy atom. The number of halogens is 1. The van der Waals surface area contributed by atoms with Crippen molar-refractivity contribution in [2.75, 3.05) is 20.2 Å². The second-order valence-electron chi connectivity index (χ2n) is 8.50. The van der Waals surface area contributed by atoms with Gasteiger partial charge in [-0.15, -0.1) is 5.92 Å². The topological polar surface area (TPSA) is 106 Å². The van der Waals surface area contributed by atoms with Gasteiger partial charge in [-0.05, 0) is 31.2 Å². The highest BCUT2D eigenvalue weighted by Gasteiger charge is 2.54. The first-order chi connectivity index (χ1) is 16.3. The van der Waals surface area contributed by atoms with E-state index in [-0.39, 0.29) is 48.2 Å². The van der Waals surface area contributed by atoms with Crippen molar-refractivity contribution in [3.8, 4) is 17.6 Å². The van der Waals surface area contributed by atoms with E-state index in [1.165, 1.54) is 24.3 Å². The van der Waals surface area contributed by atoms with Crippen molar-refractivity contribution in [3.05, 3.63) is 58.4 Å². The zero-order valence-electron chi connectivity index (χ0n) is 18.7. The molecule has 0 atom stereocenters. The minimum atomic E-state index is -1.02. The van der Waals surface area contributed by atoms with Gasteiger partial charge in [-0.3, -0.25) is 24.7 Å². The third-order valence-electron chi connectivity index (χ3n) is 6.07. The number of nitrogens with one attached hydrogen (secondary N) is 1. The maximum absolute atomic E-state index is 13.1. The van der Waals surface area contributed by atoms with Gasteiger partial charge < -0.3 is 9.64 Å². The highest BCUT2D eigenvalue weighted by molar-refractivity contribution is 6.32. The predicted molar refractivity (Wildman–Crippen MR) is 124 cm³/mol. The van der Waals surface area contributed by atoms with Crippen LogP contribution in [-0.4, -0.2) is 53.6 Å². The van der Waals surface area contributed by atoms with Crippen LogP contribution in [0.1, 0.15) is 47.3 Å². The summed E-state index contributed by atoms with van der Waals surface area (Å²) in [5, 5.41) is 2.54. The number of pyridine rings is 1. The highest BCUT2D eigenvalue weighted by Crippen LogP contribution is 2.47. The Kier molecular flexibility index (Phi) is 6.40. The second-order valence-corrected chi connectivity index (χ2v) is 8.91. The van der Waals surface area contributed by atoms with Gasteiger partial charge in [-0.2, -0.15) is 0 Å². The third-order valence-corrected chi connectivity index (χ3v) is 6.38. The van der Waals surface area contributed by atoms with E-state index in [1.54, 1.807) is 31.2 Å². The molecule has 0 unspecified atom stereocenters. The largest absolute Gasteiger partial charge is 0.496 e. The average molecular weight is 480 g/mol. The van der Waals surface area contributed by atoms with Gasteiger partial charge >= 0.3 is 6.03 Å². The molecule has 1 aliphatic carbocycles. The number of ketones is 2. The Morgan fingerprint density at radius 1 is 1.21 bits per heavy atom. The quantitative estimate of drug-likeness (QED) is 0.536. The van der Waals surface area contributed by atoms with E-state index in [0.29, 0.717) is 16.9 Å². The van der Waals surface area contributed by atoms with E-state index >= 15 is 0 Å². The molecular weight excluding hydrogens is 458 g/mol. The summed E-state index contributed by atoms with van der Waals surface area (Å²) >= 11 is 6.45. The number of carbonyl (C=O) groups is 4. The molecule has 0 bridgehead atoms. The number of hydrogen-bond donors (Lipinski definition) is 1. The van der Waals surface area contributed by atoms with E-state index in [1.807, 2.05) is 0 Å². The Hall–Kier alpha value is -3.70. The van der Waals surface area contributed by atoms with Crippen LogP contribution < -0.4 is 10.1 Å². The van der Waals surface area contributed by atoms with E-state index in [2.05, 4.69) is 22.1 Å². The number of amides is 3. The zero-order valence-corrected chi connectivity index (χ0v) is 19.4. The Morgan fingerprint density at radius 3 is 2.50 bits per heavy atom. The molecule has 1 saturated carbocycles. The van der Waals surface area contributed by atoms with Gasteiger partial charge in [-0.1, -0.05) is 23.6 Å². The van der Waals surface area contributed by atoms with Gasteiger partial charge in [0.05, 0.1) is 7.11 Å². The van der Waals surface area contributed by atoms with Crippen molar-refractivity contribution < 1.29 is 23.9 Å². The number of hydrogen-bond acceptors (Lipinski definition) is 6. The minimum Gasteiger partial charge on any atom is -0.496 e. The number of Topliss-reactive ketones (excluding diaryl/α,β-unsaturated/α-hetero) is 2. The lowest BCUT2D eigenvalue weighted by molar-refractivity contribution is -0.141. The fourth-order valence-corrected chi connectivity index (χ4v) is 4.95. The van der Waals surface area contributed by atoms with Gasteiger partial charge in [0.2, 0.25) is 0 Å². The Bertz CT molecular complexity index is 1220. The van der Waals surface area contributed by atoms with Gasteiger partial charge in [0.25, 0.3) is 5.91 Å². The van der Waals surface area contributed by atoms with Crippen LogP contribution in [0.3, 0.4) is 0 Å². The molecule has 2 heterocycles. The van der Waals surface area contributed by atoms with Crippen LogP contribution >= 0.6 is 11.6 Å². The summed E-state index contributed by atoms with van der Waals surface area (Å²) < 4.78 is 5.42. The molecule has 2 fully saturated rings. The highest BCUT2D eigenvalue weighted by atomic mass is 35.5. The lowest BCUT2D eigenvalue weighted by Gasteiger charge is -2.51. The summed E-state index contributed by atoms with van der Waals surface area (Å²) in [5.74, 6) is 3.84. The fourth-order valence-electron chi connectivity index (χ4n) is 4.63. The average Bonchev–Trinajstić information content (AvgIpc) is 2.78. The third kappa shape index (κ3) is 4.39. The van der Waals surface area contributed by atoms with Gasteiger partial charge in [0.15, 0.2) is 0 Å². The van der Waals surface area contributed by atoms with Gasteiger partial charge in [0, 0.05) is 53.7 Å². The van der Waals surface area contributed by atoms with Gasteiger partial charge in [0.1, 0.15) is 28.9 Å². The fraction of sp³-hybridized carbons (Fsp3) is 0.320. The molecule has 34 heavy (non-hydrogen) atoms. The zero-order chi connectivity index (χ0) is 24.5. The molecule has 1 aliphatic heterocycles. The van der Waals surface area contributed by atoms with Crippen molar-refractivity contribution in [1.29, 1.82) is 0 Å². The van der Waals surface area contributed by atoms with E-state index < -0.39 is 23.3 Å². The molecule has 2 aromatic rings. The normalized spacial score (nSPS) is 17.0. The van der Waals surface area contributed by atoms with Gasteiger partial charge in [-0.25, -0.2) is 4.79 Å². The van der Waals surface area contributed by atoms with E-state index in [4.69, 9.17) is 16.3 Å². The van der Waals surface area contributed by atoms with Crippen LogP contribution in [-0.2, 0) is 9.59 Å². The lowest BCUT2D eigenvalue weighted by atomic mass is 9.63. The lowest BCUT2D eigenvalue weighted by Crippen LogP contribution is -2.64. The van der Waals surface area contributed by atoms with Crippen LogP contribution in [0, 0.1) is 17.3 Å². The maximum Gasteiger partial charge on any atom is 0.324 e. The van der Waals surface area contributed by atoms with Crippen LogP contribution in [0.5, 0.6) is 5.75 Å². The summed E-state index contributed by atoms with van der Waals surface area (Å²) in [7, 11) is 1.45. The number of rotatable bonds is 3. The predicted octanol–water partition coefficient (Wildman–Crippen LogP) is 2.98. The number of aromatic nitrogens is 1. The molecule has 1 N–H and O–H groups in total. The first-order valence-corrected chi connectivity index (χ1v) is 11.0. The van der Waals surface area contributed by atoms with Crippen molar-refractivity contribution in [2.45, 2.75) is 25.7 Å². The summed E-state index contributed by atoms with van der Waals surface area (Å²) in [5.41, 5.74) is 0.467. The van der Waals surface area contributed by atoms with Crippen molar-refractivity contribution in [2.24, 2.45) is 5.41 Å². The number of imide groups is 1. The number of likely N-dealkylation sites (tertiary alicyclic amines) is 1. The number of urea groups is 1. The first-order valence-electron chi connectivity index (χ1n) is 10.6. The standard InChI is InChI=1S/C25H22ClN3O5/c1-3-6-15-9-16(26)21(20(10-15)34-2)22-18(30)11-25(12-19(22)31)13-29(14-25)24(33)28-23(32)17-7-4-5-8-27-17/h4-5,7-10,22H,11-14H2,1-2H3,(H,28,32,33). The molecule has 1 spiro atoms. The monoisotopic (exact) mass is 479 g/mol. The van der Waals surface area contributed by atoms with E-state index in [9.17, 15) is 19.2 Å². The number of nitrogens with zero attached hydrogens (tertiary/aromatic N) is 2. The summed E-state index contributed by atoms with van der Waals surface area (Å²) in [4.78, 5) is 56.2. The molecule has 1 aromatic heterocycles. The number of benzene rings is 1. The van der Waals surface area contributed by atoms with Crippen molar-refractivity contribution in [1.82, 2.24) is 15.2 Å². The number of methoxy groups -OCH3 is 1. The molecule has 0 radical (unpaired) electrons.